The number of halogens is 2. The van der Waals surface area contributed by atoms with Gasteiger partial charge in [-0.3, -0.25) is 9.48 Å². The van der Waals surface area contributed by atoms with Gasteiger partial charge >= 0.3 is 0 Å². The highest BCUT2D eigenvalue weighted by atomic mass is 19.3. The van der Waals surface area contributed by atoms with Crippen molar-refractivity contribution in [2.24, 2.45) is 40.4 Å². The zero-order chi connectivity index (χ0) is 23.6. The lowest BCUT2D eigenvalue weighted by Gasteiger charge is -2.62. The predicted octanol–water partition coefficient (Wildman–Crippen LogP) is 4.98. The van der Waals surface area contributed by atoms with E-state index in [1.54, 1.807) is 23.9 Å². The summed E-state index contributed by atoms with van der Waals surface area (Å²) >= 11 is 0. The van der Waals surface area contributed by atoms with Gasteiger partial charge in [0.1, 0.15) is 6.07 Å². The average molecular weight is 460 g/mol. The Labute approximate surface area is 194 Å². The van der Waals surface area contributed by atoms with Crippen molar-refractivity contribution in [2.45, 2.75) is 90.2 Å². The largest absolute Gasteiger partial charge is 0.390 e. The van der Waals surface area contributed by atoms with Crippen molar-refractivity contribution in [2.75, 3.05) is 0 Å². The van der Waals surface area contributed by atoms with Crippen molar-refractivity contribution in [3.8, 4) is 6.07 Å². The molecule has 1 aromatic heterocycles. The molecule has 33 heavy (non-hydrogen) atoms. The number of aromatic nitrogens is 2. The fraction of sp³-hybridized carbons (Fsp3) is 0.808. The topological polar surface area (TPSA) is 78.9 Å². The number of alkyl halides is 2. The molecule has 0 saturated heterocycles. The Morgan fingerprint density at radius 3 is 2.70 bits per heavy atom. The predicted molar refractivity (Wildman–Crippen MR) is 118 cm³/mol. The van der Waals surface area contributed by atoms with Crippen LogP contribution in [0.4, 0.5) is 8.78 Å². The van der Waals surface area contributed by atoms with Crippen LogP contribution in [0.5, 0.6) is 0 Å². The normalized spacial score (nSPS) is 44.6. The fourth-order valence-corrected chi connectivity index (χ4v) is 8.88. The van der Waals surface area contributed by atoms with E-state index in [4.69, 9.17) is 5.26 Å². The first-order chi connectivity index (χ1) is 15.6. The summed E-state index contributed by atoms with van der Waals surface area (Å²) < 4.78 is 31.2. The van der Waals surface area contributed by atoms with Crippen molar-refractivity contribution in [1.29, 1.82) is 5.26 Å². The number of rotatable bonds is 4. The summed E-state index contributed by atoms with van der Waals surface area (Å²) in [5.74, 6) is 0.493. The molecule has 0 amide bonds. The Balaban J connectivity index is 1.38. The van der Waals surface area contributed by atoms with Crippen LogP contribution < -0.4 is 0 Å². The van der Waals surface area contributed by atoms with Crippen LogP contribution in [0.25, 0.3) is 0 Å². The van der Waals surface area contributed by atoms with Crippen molar-refractivity contribution < 1.29 is 18.7 Å². The first kappa shape index (κ1) is 23.0. The van der Waals surface area contributed by atoms with E-state index in [0.29, 0.717) is 30.9 Å². The van der Waals surface area contributed by atoms with Gasteiger partial charge in [0.05, 0.1) is 12.1 Å². The maximum Gasteiger partial charge on any atom is 0.244 e. The smallest absolute Gasteiger partial charge is 0.244 e. The highest BCUT2D eigenvalue weighted by Gasteiger charge is 2.65. The van der Waals surface area contributed by atoms with Crippen LogP contribution in [0, 0.1) is 51.8 Å². The van der Waals surface area contributed by atoms with Gasteiger partial charge in [-0.25, -0.2) is 8.78 Å². The van der Waals surface area contributed by atoms with E-state index in [1.165, 1.54) is 0 Å². The minimum atomic E-state index is -2.36. The van der Waals surface area contributed by atoms with Crippen LogP contribution in [0.2, 0.25) is 0 Å². The van der Waals surface area contributed by atoms with Crippen molar-refractivity contribution in [3.05, 3.63) is 18.0 Å². The molecule has 0 unspecified atom stereocenters. The molecule has 1 N–H and O–H groups in total. The van der Waals surface area contributed by atoms with Gasteiger partial charge in [0.15, 0.2) is 11.5 Å². The lowest BCUT2D eigenvalue weighted by molar-refractivity contribution is -0.207. The molecule has 5 nitrogen and oxygen atoms in total. The number of hydrogen-bond acceptors (Lipinski definition) is 4. The molecule has 0 aromatic carbocycles. The molecule has 0 bridgehead atoms. The first-order valence-electron chi connectivity index (χ1n) is 12.6. The van der Waals surface area contributed by atoms with Gasteiger partial charge in [-0.2, -0.15) is 10.4 Å². The van der Waals surface area contributed by atoms with Gasteiger partial charge in [0.25, 0.3) is 0 Å². The second kappa shape index (κ2) is 7.86. The van der Waals surface area contributed by atoms with E-state index in [0.717, 1.165) is 38.5 Å². The number of nitriles is 1. The molecule has 4 aliphatic rings. The van der Waals surface area contributed by atoms with E-state index in [2.05, 4.69) is 12.0 Å². The van der Waals surface area contributed by atoms with E-state index < -0.39 is 17.4 Å². The molecule has 0 aliphatic heterocycles. The molecule has 8 atom stereocenters. The third-order valence-corrected chi connectivity index (χ3v) is 10.4. The fourth-order valence-electron chi connectivity index (χ4n) is 8.88. The quantitative estimate of drug-likeness (QED) is 0.689. The molecular formula is C26H35F2N3O2. The molecule has 0 spiro atoms. The second-order valence-electron chi connectivity index (χ2n) is 11.9. The minimum absolute atomic E-state index is 0.0106. The Bertz CT molecular complexity index is 969. The number of carbonyl (C=O) groups excluding carboxylic acids is 1. The lowest BCUT2D eigenvalue weighted by Crippen LogP contribution is -2.59. The summed E-state index contributed by atoms with van der Waals surface area (Å²) in [7, 11) is 0. The van der Waals surface area contributed by atoms with E-state index in [1.807, 2.05) is 6.07 Å². The summed E-state index contributed by atoms with van der Waals surface area (Å²) in [6, 6.07) is 3.61. The number of hydrogen-bond donors (Lipinski definition) is 1. The van der Waals surface area contributed by atoms with Crippen molar-refractivity contribution in [3.63, 3.8) is 0 Å². The molecule has 4 saturated carbocycles. The zero-order valence-corrected chi connectivity index (χ0v) is 19.6. The van der Waals surface area contributed by atoms with Gasteiger partial charge in [-0.15, -0.1) is 0 Å². The monoisotopic (exact) mass is 459 g/mol. The molecule has 1 heterocycles. The molecule has 0 radical (unpaired) electrons. The van der Waals surface area contributed by atoms with Crippen LogP contribution in [-0.2, 0) is 11.3 Å². The van der Waals surface area contributed by atoms with E-state index >= 15 is 0 Å². The van der Waals surface area contributed by atoms with Gasteiger partial charge < -0.3 is 5.11 Å². The molecule has 7 heteroatoms. The molecule has 180 valence electrons. The average Bonchev–Trinajstić information content (AvgIpc) is 3.36. The summed E-state index contributed by atoms with van der Waals surface area (Å²) in [6.07, 6.45) is 5.68. The van der Waals surface area contributed by atoms with Crippen LogP contribution in [0.1, 0.15) is 77.3 Å². The highest BCUT2D eigenvalue weighted by Crippen LogP contribution is 2.69. The Kier molecular flexibility index (Phi) is 5.47. The van der Waals surface area contributed by atoms with Gasteiger partial charge in [-0.05, 0) is 99.9 Å². The number of fused-ring (bicyclic) bond motifs is 5. The maximum absolute atomic E-state index is 14.8. The number of nitrogens with zero attached hydrogens (tertiary/aromatic N) is 3. The van der Waals surface area contributed by atoms with Gasteiger partial charge in [0.2, 0.25) is 6.43 Å². The summed E-state index contributed by atoms with van der Waals surface area (Å²) in [5, 5.41) is 23.8. The maximum atomic E-state index is 14.8. The second-order valence-corrected chi connectivity index (χ2v) is 11.9. The Hall–Kier alpha value is -1.81. The first-order valence-corrected chi connectivity index (χ1v) is 12.6. The minimum Gasteiger partial charge on any atom is -0.390 e. The standard InChI is InChI=1S/C26H35F2N3O2/c1-24(33)10-11-26(23(27)28)16(13-24)3-4-18-19-5-6-21(25(19,2)9-7-20(18)26)22(32)15-31-12-8-17(14-29)30-31/h8,12,16,18-21,23,33H,3-7,9-11,13,15H2,1-2H3/t16-,18+,19+,20+,21-,24-,25+,26-/m1/s1. The molecule has 4 aliphatic carbocycles. The third-order valence-electron chi connectivity index (χ3n) is 10.4. The highest BCUT2D eigenvalue weighted by molar-refractivity contribution is 5.82. The van der Waals surface area contributed by atoms with E-state index in [9.17, 15) is 18.7 Å². The van der Waals surface area contributed by atoms with Crippen LogP contribution in [0.15, 0.2) is 12.3 Å². The Morgan fingerprint density at radius 2 is 2.00 bits per heavy atom. The number of Topliss-reactive ketones (excluding diaryl/α,β-unsaturated/α-hetero) is 1. The van der Waals surface area contributed by atoms with Gasteiger partial charge in [0, 0.05) is 17.5 Å². The number of aliphatic hydroxyl groups is 1. The Morgan fingerprint density at radius 1 is 1.21 bits per heavy atom. The lowest BCUT2D eigenvalue weighted by atomic mass is 9.43. The molecular weight excluding hydrogens is 424 g/mol. The molecule has 5 rings (SSSR count). The number of ketones is 1. The van der Waals surface area contributed by atoms with E-state index in [-0.39, 0.29) is 41.4 Å². The van der Waals surface area contributed by atoms with Crippen LogP contribution in [-0.4, -0.2) is 32.7 Å². The van der Waals surface area contributed by atoms with Crippen molar-refractivity contribution >= 4 is 5.78 Å². The van der Waals surface area contributed by atoms with Gasteiger partial charge in [-0.1, -0.05) is 6.92 Å². The molecule has 4 fully saturated rings. The molecule has 1 aromatic rings. The summed E-state index contributed by atoms with van der Waals surface area (Å²) in [4.78, 5) is 13.3. The number of carbonyl (C=O) groups is 1. The summed E-state index contributed by atoms with van der Waals surface area (Å²) in [5.41, 5.74) is -1.65. The van der Waals surface area contributed by atoms with Crippen LogP contribution in [0.3, 0.4) is 0 Å². The van der Waals surface area contributed by atoms with Crippen LogP contribution >= 0.6 is 0 Å². The zero-order valence-electron chi connectivity index (χ0n) is 19.6. The SMILES string of the molecule is C[C@@]1(O)CC[C@@]2(C(F)F)[C@H](CC[C@H]3[C@@H]4CC[C@H](C(=O)Cn5ccc(C#N)n5)[C@@]4(C)CC[C@@H]32)C1. The summed E-state index contributed by atoms with van der Waals surface area (Å²) in [6.45, 7) is 4.19. The van der Waals surface area contributed by atoms with Crippen molar-refractivity contribution in [1.82, 2.24) is 9.78 Å². The third kappa shape index (κ3) is 3.47.